The number of amides is 1. The summed E-state index contributed by atoms with van der Waals surface area (Å²) in [6, 6.07) is 0.453. The largest absolute Gasteiger partial charge is 0.381 e. The van der Waals surface area contributed by atoms with Crippen molar-refractivity contribution in [3.05, 3.63) is 18.6 Å². The first-order valence-electron chi connectivity index (χ1n) is 8.96. The number of hydrogen-bond acceptors (Lipinski definition) is 6. The first kappa shape index (κ1) is 15.8. The van der Waals surface area contributed by atoms with Gasteiger partial charge in [0.1, 0.15) is 5.82 Å². The second-order valence-electron chi connectivity index (χ2n) is 6.77. The molecule has 3 aliphatic rings. The van der Waals surface area contributed by atoms with E-state index in [1.165, 1.54) is 0 Å². The highest BCUT2D eigenvalue weighted by atomic mass is 16.5. The smallest absolute Gasteiger partial charge is 0.240 e. The summed E-state index contributed by atoms with van der Waals surface area (Å²) in [7, 11) is 0. The minimum absolute atomic E-state index is 0.0665. The van der Waals surface area contributed by atoms with Crippen LogP contribution in [0.2, 0.25) is 0 Å². The average molecular weight is 331 g/mol. The van der Waals surface area contributed by atoms with Crippen LogP contribution in [0.1, 0.15) is 19.3 Å². The van der Waals surface area contributed by atoms with E-state index in [1.54, 1.807) is 12.4 Å². The normalized spacial score (nSPS) is 27.0. The van der Waals surface area contributed by atoms with Crippen LogP contribution in [0.3, 0.4) is 0 Å². The summed E-state index contributed by atoms with van der Waals surface area (Å²) in [5, 5.41) is 0. The molecule has 0 N–H and O–H groups in total. The first-order valence-corrected chi connectivity index (χ1v) is 8.96. The van der Waals surface area contributed by atoms with Crippen molar-refractivity contribution >= 4 is 11.7 Å². The van der Waals surface area contributed by atoms with Crippen molar-refractivity contribution in [3.8, 4) is 0 Å². The zero-order chi connectivity index (χ0) is 16.4. The van der Waals surface area contributed by atoms with E-state index in [4.69, 9.17) is 4.74 Å². The highest BCUT2D eigenvalue weighted by molar-refractivity contribution is 5.84. The number of piperazine rings is 1. The molecule has 1 atom stereocenters. The van der Waals surface area contributed by atoms with Gasteiger partial charge in [-0.05, 0) is 19.3 Å². The highest BCUT2D eigenvalue weighted by Crippen LogP contribution is 2.25. The minimum Gasteiger partial charge on any atom is -0.381 e. The molecule has 7 nitrogen and oxygen atoms in total. The number of ether oxygens (including phenoxy) is 1. The third kappa shape index (κ3) is 3.10. The molecule has 130 valence electrons. The van der Waals surface area contributed by atoms with Gasteiger partial charge >= 0.3 is 0 Å². The third-order valence-corrected chi connectivity index (χ3v) is 5.47. The molecule has 3 fully saturated rings. The SMILES string of the molecule is O=C1C(N2CCN(c3cnccn3)CC2)CCN1C1CCOCC1. The summed E-state index contributed by atoms with van der Waals surface area (Å²) in [6.45, 7) is 6.10. The van der Waals surface area contributed by atoms with E-state index >= 15 is 0 Å². The van der Waals surface area contributed by atoms with Gasteiger partial charge in [0, 0.05) is 64.4 Å². The molecule has 24 heavy (non-hydrogen) atoms. The van der Waals surface area contributed by atoms with Crippen LogP contribution in [0.25, 0.3) is 0 Å². The molecule has 0 bridgehead atoms. The maximum Gasteiger partial charge on any atom is 0.240 e. The summed E-state index contributed by atoms with van der Waals surface area (Å²) in [5.41, 5.74) is 0. The summed E-state index contributed by atoms with van der Waals surface area (Å²) in [6.07, 6.45) is 8.16. The molecule has 0 saturated carbocycles. The molecule has 4 heterocycles. The standard InChI is InChI=1S/C17H25N5O2/c23-17-15(1-6-22(17)14-2-11-24-12-3-14)20-7-9-21(10-8-20)16-13-18-4-5-19-16/h4-5,13-15H,1-3,6-12H2. The summed E-state index contributed by atoms with van der Waals surface area (Å²) in [4.78, 5) is 28.1. The van der Waals surface area contributed by atoms with Crippen LogP contribution < -0.4 is 4.90 Å². The molecule has 4 rings (SSSR count). The number of aromatic nitrogens is 2. The molecule has 0 aliphatic carbocycles. The molecular weight excluding hydrogens is 306 g/mol. The Morgan fingerprint density at radius 2 is 1.79 bits per heavy atom. The van der Waals surface area contributed by atoms with Crippen LogP contribution in [0, 0.1) is 0 Å². The van der Waals surface area contributed by atoms with Gasteiger partial charge in [0.05, 0.1) is 12.2 Å². The molecule has 0 aromatic carbocycles. The number of rotatable bonds is 3. The van der Waals surface area contributed by atoms with Gasteiger partial charge < -0.3 is 14.5 Å². The molecule has 1 aromatic rings. The number of likely N-dealkylation sites (tertiary alicyclic amines) is 1. The van der Waals surface area contributed by atoms with E-state index in [2.05, 4.69) is 24.7 Å². The monoisotopic (exact) mass is 331 g/mol. The van der Waals surface area contributed by atoms with E-state index < -0.39 is 0 Å². The van der Waals surface area contributed by atoms with Crippen molar-refractivity contribution in [2.24, 2.45) is 0 Å². The lowest BCUT2D eigenvalue weighted by molar-refractivity contribution is -0.135. The first-order chi connectivity index (χ1) is 11.8. The van der Waals surface area contributed by atoms with Gasteiger partial charge in [-0.3, -0.25) is 14.7 Å². The van der Waals surface area contributed by atoms with Crippen LogP contribution in [0.15, 0.2) is 18.6 Å². The Hall–Kier alpha value is -1.73. The van der Waals surface area contributed by atoms with E-state index in [0.29, 0.717) is 11.9 Å². The van der Waals surface area contributed by atoms with Crippen LogP contribution in [-0.4, -0.2) is 83.7 Å². The van der Waals surface area contributed by atoms with Crippen molar-refractivity contribution in [2.75, 3.05) is 50.8 Å². The van der Waals surface area contributed by atoms with Crippen LogP contribution >= 0.6 is 0 Å². The fourth-order valence-electron chi connectivity index (χ4n) is 4.10. The van der Waals surface area contributed by atoms with Gasteiger partial charge in [-0.2, -0.15) is 0 Å². The third-order valence-electron chi connectivity index (χ3n) is 5.47. The molecule has 0 radical (unpaired) electrons. The van der Waals surface area contributed by atoms with Gasteiger partial charge in [0.15, 0.2) is 0 Å². The van der Waals surface area contributed by atoms with Crippen molar-refractivity contribution in [1.82, 2.24) is 19.8 Å². The van der Waals surface area contributed by atoms with Gasteiger partial charge in [-0.25, -0.2) is 4.98 Å². The van der Waals surface area contributed by atoms with E-state index in [1.807, 2.05) is 6.20 Å². The van der Waals surface area contributed by atoms with Crippen molar-refractivity contribution in [2.45, 2.75) is 31.3 Å². The lowest BCUT2D eigenvalue weighted by Crippen LogP contribution is -2.53. The molecular formula is C17H25N5O2. The Balaban J connectivity index is 1.33. The fourth-order valence-corrected chi connectivity index (χ4v) is 4.10. The number of anilines is 1. The Bertz CT molecular complexity index is 555. The van der Waals surface area contributed by atoms with E-state index in [-0.39, 0.29) is 6.04 Å². The molecule has 7 heteroatoms. The van der Waals surface area contributed by atoms with Crippen LogP contribution in [-0.2, 0) is 9.53 Å². The molecule has 3 aliphatic heterocycles. The maximum absolute atomic E-state index is 12.9. The minimum atomic E-state index is 0.0665. The fraction of sp³-hybridized carbons (Fsp3) is 0.706. The number of carbonyl (C=O) groups excluding carboxylic acids is 1. The summed E-state index contributed by atoms with van der Waals surface area (Å²) in [5.74, 6) is 1.26. The predicted octanol–water partition coefficient (Wildman–Crippen LogP) is 0.378. The lowest BCUT2D eigenvalue weighted by atomic mass is 10.1. The van der Waals surface area contributed by atoms with E-state index in [0.717, 1.165) is 71.0 Å². The predicted molar refractivity (Wildman–Crippen MR) is 89.8 cm³/mol. The Morgan fingerprint density at radius 1 is 1.00 bits per heavy atom. The van der Waals surface area contributed by atoms with Crippen molar-refractivity contribution in [3.63, 3.8) is 0 Å². The zero-order valence-corrected chi connectivity index (χ0v) is 14.0. The summed E-state index contributed by atoms with van der Waals surface area (Å²) >= 11 is 0. The molecule has 1 unspecified atom stereocenters. The maximum atomic E-state index is 12.9. The zero-order valence-electron chi connectivity index (χ0n) is 14.0. The molecule has 0 spiro atoms. The molecule has 1 aromatic heterocycles. The van der Waals surface area contributed by atoms with Crippen LogP contribution in [0.5, 0.6) is 0 Å². The number of carbonyl (C=O) groups is 1. The van der Waals surface area contributed by atoms with Gasteiger partial charge in [-0.15, -0.1) is 0 Å². The highest BCUT2D eigenvalue weighted by Gasteiger charge is 2.40. The van der Waals surface area contributed by atoms with Gasteiger partial charge in [-0.1, -0.05) is 0 Å². The molecule has 1 amide bonds. The Kier molecular flexibility index (Phi) is 4.62. The second kappa shape index (κ2) is 7.03. The Morgan fingerprint density at radius 3 is 2.50 bits per heavy atom. The second-order valence-corrected chi connectivity index (χ2v) is 6.77. The lowest BCUT2D eigenvalue weighted by Gasteiger charge is -2.38. The summed E-state index contributed by atoms with van der Waals surface area (Å²) < 4.78 is 5.43. The topological polar surface area (TPSA) is 61.8 Å². The molecule has 3 saturated heterocycles. The number of hydrogen-bond donors (Lipinski definition) is 0. The van der Waals surface area contributed by atoms with Crippen molar-refractivity contribution in [1.29, 1.82) is 0 Å². The van der Waals surface area contributed by atoms with Crippen molar-refractivity contribution < 1.29 is 9.53 Å². The Labute approximate surface area is 142 Å². The van der Waals surface area contributed by atoms with Crippen LogP contribution in [0.4, 0.5) is 5.82 Å². The number of nitrogens with zero attached hydrogens (tertiary/aromatic N) is 5. The van der Waals surface area contributed by atoms with Gasteiger partial charge in [0.2, 0.25) is 5.91 Å². The quantitative estimate of drug-likeness (QED) is 0.798. The average Bonchev–Trinajstić information content (AvgIpc) is 3.05. The van der Waals surface area contributed by atoms with E-state index in [9.17, 15) is 4.79 Å². The van der Waals surface area contributed by atoms with Gasteiger partial charge in [0.25, 0.3) is 0 Å².